The largest absolute Gasteiger partial charge is 0.496 e. The Bertz CT molecular complexity index is 1120. The van der Waals surface area contributed by atoms with Crippen molar-refractivity contribution in [1.29, 1.82) is 0 Å². The van der Waals surface area contributed by atoms with Gasteiger partial charge in [0.25, 0.3) is 0 Å². The minimum Gasteiger partial charge on any atom is -0.496 e. The summed E-state index contributed by atoms with van der Waals surface area (Å²) < 4.78 is 5.57. The number of hydrogen-bond acceptors (Lipinski definition) is 3. The third kappa shape index (κ3) is 4.30. The van der Waals surface area contributed by atoms with Gasteiger partial charge in [-0.3, -0.25) is 4.98 Å². The average molecular weight is 383 g/mol. The highest BCUT2D eigenvalue weighted by molar-refractivity contribution is 5.83. The normalized spacial score (nSPS) is 12.1. The minimum absolute atomic E-state index is 0.256. The Balaban J connectivity index is 1.52. The maximum atomic E-state index is 5.57. The lowest BCUT2D eigenvalue weighted by molar-refractivity contribution is 0.416. The molecule has 1 heterocycles. The molecule has 0 bridgehead atoms. The zero-order valence-electron chi connectivity index (χ0n) is 17.1. The summed E-state index contributed by atoms with van der Waals surface area (Å²) in [6, 6.07) is 25.9. The van der Waals surface area contributed by atoms with Crippen molar-refractivity contribution in [1.82, 2.24) is 10.3 Å². The maximum absolute atomic E-state index is 5.57. The fourth-order valence-corrected chi connectivity index (χ4v) is 3.58. The number of aryl methyl sites for hydroxylation is 1. The Morgan fingerprint density at radius 2 is 1.76 bits per heavy atom. The van der Waals surface area contributed by atoms with E-state index in [2.05, 4.69) is 77.9 Å². The van der Waals surface area contributed by atoms with Crippen molar-refractivity contribution < 1.29 is 4.74 Å². The molecule has 0 saturated carbocycles. The van der Waals surface area contributed by atoms with E-state index in [0.29, 0.717) is 0 Å². The quantitative estimate of drug-likeness (QED) is 0.439. The van der Waals surface area contributed by atoms with Gasteiger partial charge in [0.15, 0.2) is 0 Å². The summed E-state index contributed by atoms with van der Waals surface area (Å²) in [5, 5.41) is 6.20. The van der Waals surface area contributed by atoms with Crippen molar-refractivity contribution in [2.24, 2.45) is 0 Å². The van der Waals surface area contributed by atoms with E-state index < -0.39 is 0 Å². The molecule has 4 rings (SSSR count). The van der Waals surface area contributed by atoms with Gasteiger partial charge in [-0.05, 0) is 60.0 Å². The summed E-state index contributed by atoms with van der Waals surface area (Å²) in [4.78, 5) is 4.43. The van der Waals surface area contributed by atoms with Crippen LogP contribution < -0.4 is 10.1 Å². The van der Waals surface area contributed by atoms with Crippen molar-refractivity contribution in [3.63, 3.8) is 0 Å². The molecule has 0 aliphatic heterocycles. The van der Waals surface area contributed by atoms with Crippen LogP contribution in [0.1, 0.15) is 29.8 Å². The predicted molar refractivity (Wildman–Crippen MR) is 120 cm³/mol. The Morgan fingerprint density at radius 1 is 0.931 bits per heavy atom. The van der Waals surface area contributed by atoms with Crippen molar-refractivity contribution in [3.8, 4) is 16.9 Å². The van der Waals surface area contributed by atoms with Crippen LogP contribution in [0.5, 0.6) is 5.75 Å². The summed E-state index contributed by atoms with van der Waals surface area (Å²) in [6.45, 7) is 4.98. The van der Waals surface area contributed by atoms with Crippen LogP contribution in [0.2, 0.25) is 0 Å². The van der Waals surface area contributed by atoms with Crippen LogP contribution >= 0.6 is 0 Å². The second kappa shape index (κ2) is 8.46. The van der Waals surface area contributed by atoms with Crippen molar-refractivity contribution in [2.45, 2.75) is 26.4 Å². The number of ether oxygens (including phenoxy) is 1. The van der Waals surface area contributed by atoms with Gasteiger partial charge in [0, 0.05) is 35.6 Å². The van der Waals surface area contributed by atoms with E-state index in [1.165, 1.54) is 21.9 Å². The van der Waals surface area contributed by atoms with Crippen molar-refractivity contribution >= 4 is 10.8 Å². The molecule has 0 aliphatic rings. The highest BCUT2D eigenvalue weighted by atomic mass is 16.5. The van der Waals surface area contributed by atoms with Gasteiger partial charge in [-0.15, -0.1) is 0 Å². The van der Waals surface area contributed by atoms with Crippen LogP contribution in [-0.2, 0) is 6.54 Å². The van der Waals surface area contributed by atoms with Crippen LogP contribution in [0.4, 0.5) is 0 Å². The minimum atomic E-state index is 0.256. The zero-order chi connectivity index (χ0) is 20.2. The fourth-order valence-electron chi connectivity index (χ4n) is 3.58. The Hall–Kier alpha value is -3.17. The number of methoxy groups -OCH3 is 1. The van der Waals surface area contributed by atoms with E-state index in [1.54, 1.807) is 7.11 Å². The molecule has 1 aromatic heterocycles. The van der Waals surface area contributed by atoms with E-state index >= 15 is 0 Å². The molecule has 1 unspecified atom stereocenters. The molecule has 29 heavy (non-hydrogen) atoms. The number of benzene rings is 3. The van der Waals surface area contributed by atoms with Gasteiger partial charge in [-0.25, -0.2) is 0 Å². The highest BCUT2D eigenvalue weighted by Crippen LogP contribution is 2.31. The van der Waals surface area contributed by atoms with Crippen LogP contribution in [-0.4, -0.2) is 12.1 Å². The van der Waals surface area contributed by atoms with Gasteiger partial charge < -0.3 is 10.1 Å². The SMILES string of the molecule is COc1ccc(CNC(C)c2ccc3ccccc3c2)cc1-c1ccc(C)nc1. The average Bonchev–Trinajstić information content (AvgIpc) is 2.77. The smallest absolute Gasteiger partial charge is 0.126 e. The second-order valence-electron chi connectivity index (χ2n) is 7.43. The zero-order valence-corrected chi connectivity index (χ0v) is 17.1. The number of aromatic nitrogens is 1. The first-order chi connectivity index (χ1) is 14.1. The Morgan fingerprint density at radius 3 is 2.52 bits per heavy atom. The molecular weight excluding hydrogens is 356 g/mol. The maximum Gasteiger partial charge on any atom is 0.126 e. The molecule has 0 saturated heterocycles. The summed E-state index contributed by atoms with van der Waals surface area (Å²) >= 11 is 0. The Kier molecular flexibility index (Phi) is 5.59. The summed E-state index contributed by atoms with van der Waals surface area (Å²) in [6.07, 6.45) is 1.90. The van der Waals surface area contributed by atoms with Crippen LogP contribution in [0.3, 0.4) is 0 Å². The molecule has 0 radical (unpaired) electrons. The van der Waals surface area contributed by atoms with Crippen molar-refractivity contribution in [3.05, 3.63) is 95.8 Å². The molecule has 0 fully saturated rings. The summed E-state index contributed by atoms with van der Waals surface area (Å²) in [5.74, 6) is 0.863. The first kappa shape index (κ1) is 19.2. The predicted octanol–water partition coefficient (Wildman–Crippen LogP) is 6.07. The van der Waals surface area contributed by atoms with E-state index in [0.717, 1.165) is 29.1 Å². The molecule has 3 heteroatoms. The molecule has 146 valence electrons. The number of pyridine rings is 1. The van der Waals surface area contributed by atoms with Crippen LogP contribution in [0.25, 0.3) is 21.9 Å². The third-order valence-electron chi connectivity index (χ3n) is 5.37. The number of nitrogens with zero attached hydrogens (tertiary/aromatic N) is 1. The number of nitrogens with one attached hydrogen (secondary N) is 1. The molecule has 1 atom stereocenters. The van der Waals surface area contributed by atoms with Gasteiger partial charge in [-0.1, -0.05) is 48.5 Å². The van der Waals surface area contributed by atoms with Gasteiger partial charge in [0.1, 0.15) is 5.75 Å². The molecule has 3 aromatic carbocycles. The second-order valence-corrected chi connectivity index (χ2v) is 7.43. The highest BCUT2D eigenvalue weighted by Gasteiger charge is 2.10. The molecule has 0 amide bonds. The number of fused-ring (bicyclic) bond motifs is 1. The topological polar surface area (TPSA) is 34.1 Å². The van der Waals surface area contributed by atoms with E-state index in [-0.39, 0.29) is 6.04 Å². The van der Waals surface area contributed by atoms with E-state index in [1.807, 2.05) is 25.3 Å². The summed E-state index contributed by atoms with van der Waals surface area (Å²) in [5.41, 5.74) is 5.65. The lowest BCUT2D eigenvalue weighted by atomic mass is 10.0. The Labute approximate surface area is 172 Å². The van der Waals surface area contributed by atoms with Crippen LogP contribution in [0.15, 0.2) is 79.0 Å². The molecule has 1 N–H and O–H groups in total. The van der Waals surface area contributed by atoms with Crippen molar-refractivity contribution in [2.75, 3.05) is 7.11 Å². The first-order valence-corrected chi connectivity index (χ1v) is 9.96. The molecule has 3 nitrogen and oxygen atoms in total. The third-order valence-corrected chi connectivity index (χ3v) is 5.37. The van der Waals surface area contributed by atoms with Gasteiger partial charge in [0.2, 0.25) is 0 Å². The van der Waals surface area contributed by atoms with Gasteiger partial charge in [-0.2, -0.15) is 0 Å². The first-order valence-electron chi connectivity index (χ1n) is 9.96. The lowest BCUT2D eigenvalue weighted by Crippen LogP contribution is -2.18. The lowest BCUT2D eigenvalue weighted by Gasteiger charge is -2.16. The summed E-state index contributed by atoms with van der Waals surface area (Å²) in [7, 11) is 1.71. The number of hydrogen-bond donors (Lipinski definition) is 1. The molecule has 0 spiro atoms. The van der Waals surface area contributed by atoms with E-state index in [9.17, 15) is 0 Å². The fraction of sp³-hybridized carbons (Fsp3) is 0.192. The molecule has 0 aliphatic carbocycles. The van der Waals surface area contributed by atoms with E-state index in [4.69, 9.17) is 4.74 Å². The number of rotatable bonds is 6. The van der Waals surface area contributed by atoms with Crippen LogP contribution in [0, 0.1) is 6.92 Å². The van der Waals surface area contributed by atoms with Gasteiger partial charge in [0.05, 0.1) is 7.11 Å². The molecule has 4 aromatic rings. The monoisotopic (exact) mass is 382 g/mol. The molecular formula is C26H26N2O. The van der Waals surface area contributed by atoms with Gasteiger partial charge >= 0.3 is 0 Å². The standard InChI is InChI=1S/C26H26N2O/c1-18-8-10-24(17-27-18)25-14-20(9-13-26(25)29-3)16-28-19(2)22-12-11-21-6-4-5-7-23(21)15-22/h4-15,17,19,28H,16H2,1-3H3.